The molecule has 0 unspecified atom stereocenters. The lowest BCUT2D eigenvalue weighted by atomic mass is 10.1. The second kappa shape index (κ2) is 3.94. The first-order valence-corrected chi connectivity index (χ1v) is 4.99. The molecule has 3 N–H and O–H groups in total. The van der Waals surface area contributed by atoms with Crippen LogP contribution in [0.15, 0.2) is 24.3 Å². The van der Waals surface area contributed by atoms with E-state index in [-0.39, 0.29) is 17.0 Å². The van der Waals surface area contributed by atoms with Gasteiger partial charge in [-0.15, -0.1) is 0 Å². The van der Waals surface area contributed by atoms with Gasteiger partial charge < -0.3 is 10.8 Å². The zero-order valence-electron chi connectivity index (χ0n) is 9.36. The quantitative estimate of drug-likeness (QED) is 0.771. The molecule has 0 spiro atoms. The zero-order chi connectivity index (χ0) is 13.5. The van der Waals surface area contributed by atoms with Crippen molar-refractivity contribution in [1.82, 2.24) is 9.78 Å². The van der Waals surface area contributed by atoms with Crippen molar-refractivity contribution in [2.75, 3.05) is 5.73 Å². The van der Waals surface area contributed by atoms with Crippen molar-refractivity contribution < 1.29 is 18.3 Å². The molecule has 0 bridgehead atoms. The number of rotatable bonds is 1. The van der Waals surface area contributed by atoms with Crippen LogP contribution in [-0.2, 0) is 13.2 Å². The number of aryl methyl sites for hydroxylation is 1. The van der Waals surface area contributed by atoms with Crippen LogP contribution in [0.3, 0.4) is 0 Å². The van der Waals surface area contributed by atoms with Gasteiger partial charge in [-0.25, -0.2) is 0 Å². The molecule has 0 aliphatic carbocycles. The van der Waals surface area contributed by atoms with Gasteiger partial charge in [0.05, 0.1) is 5.69 Å². The van der Waals surface area contributed by atoms with Crippen LogP contribution in [-0.4, -0.2) is 14.9 Å². The average Bonchev–Trinajstić information content (AvgIpc) is 2.59. The topological polar surface area (TPSA) is 64.1 Å². The van der Waals surface area contributed by atoms with E-state index >= 15 is 0 Å². The van der Waals surface area contributed by atoms with Crippen LogP contribution in [0.1, 0.15) is 5.69 Å². The molecule has 0 aliphatic heterocycles. The Kier molecular flexibility index (Phi) is 2.68. The van der Waals surface area contributed by atoms with E-state index in [1.165, 1.54) is 25.2 Å². The summed E-state index contributed by atoms with van der Waals surface area (Å²) in [6, 6.07) is 5.05. The number of benzene rings is 1. The smallest absolute Gasteiger partial charge is 0.433 e. The van der Waals surface area contributed by atoms with Crippen LogP contribution in [0.4, 0.5) is 18.9 Å². The van der Waals surface area contributed by atoms with Gasteiger partial charge in [0.1, 0.15) is 11.4 Å². The van der Waals surface area contributed by atoms with Gasteiger partial charge in [0.25, 0.3) is 0 Å². The minimum absolute atomic E-state index is 0.0438. The van der Waals surface area contributed by atoms with Crippen LogP contribution in [0.2, 0.25) is 0 Å². The molecule has 7 heteroatoms. The molecule has 18 heavy (non-hydrogen) atoms. The highest BCUT2D eigenvalue weighted by molar-refractivity contribution is 5.70. The molecule has 0 saturated carbocycles. The van der Waals surface area contributed by atoms with Gasteiger partial charge in [0, 0.05) is 24.4 Å². The number of nitrogen functional groups attached to an aromatic ring is 1. The van der Waals surface area contributed by atoms with Gasteiger partial charge in [-0.05, 0) is 18.2 Å². The maximum absolute atomic E-state index is 12.6. The third kappa shape index (κ3) is 2.11. The molecule has 0 fully saturated rings. The normalized spacial score (nSPS) is 11.8. The fourth-order valence-corrected chi connectivity index (χ4v) is 1.63. The Morgan fingerprint density at radius 1 is 1.28 bits per heavy atom. The van der Waals surface area contributed by atoms with Crippen molar-refractivity contribution in [3.63, 3.8) is 0 Å². The van der Waals surface area contributed by atoms with Gasteiger partial charge in [-0.3, -0.25) is 4.68 Å². The summed E-state index contributed by atoms with van der Waals surface area (Å²) in [4.78, 5) is 0. The predicted molar refractivity (Wildman–Crippen MR) is 59.7 cm³/mol. The minimum Gasteiger partial charge on any atom is -0.507 e. The van der Waals surface area contributed by atoms with E-state index in [0.29, 0.717) is 5.69 Å². The minimum atomic E-state index is -4.48. The lowest BCUT2D eigenvalue weighted by Crippen LogP contribution is -2.11. The van der Waals surface area contributed by atoms with Crippen molar-refractivity contribution >= 4 is 5.69 Å². The number of phenolic OH excluding ortho intramolecular Hbond substituents is 1. The Bertz CT molecular complexity index is 590. The maximum atomic E-state index is 12.6. The SMILES string of the molecule is Cn1nc(-c2ccc(N)cc2O)cc1C(F)(F)F. The zero-order valence-corrected chi connectivity index (χ0v) is 9.36. The first-order valence-electron chi connectivity index (χ1n) is 4.99. The molecule has 2 rings (SSSR count). The summed E-state index contributed by atoms with van der Waals surface area (Å²) in [6.45, 7) is 0. The molecule has 0 atom stereocenters. The molecular formula is C11H10F3N3O. The number of hydrogen-bond acceptors (Lipinski definition) is 3. The number of alkyl halides is 3. The fourth-order valence-electron chi connectivity index (χ4n) is 1.63. The molecule has 1 heterocycles. The second-order valence-electron chi connectivity index (χ2n) is 3.81. The van der Waals surface area contributed by atoms with E-state index in [0.717, 1.165) is 10.7 Å². The van der Waals surface area contributed by atoms with E-state index < -0.39 is 11.9 Å². The number of halogens is 3. The third-order valence-electron chi connectivity index (χ3n) is 2.47. The number of aromatic hydroxyl groups is 1. The van der Waals surface area contributed by atoms with E-state index in [9.17, 15) is 18.3 Å². The maximum Gasteiger partial charge on any atom is 0.433 e. The molecule has 0 aliphatic rings. The Hall–Kier alpha value is -2.18. The Balaban J connectivity index is 2.53. The standard InChI is InChI=1S/C11H10F3N3O/c1-17-10(11(12,13)14)5-8(16-17)7-3-2-6(15)4-9(7)18/h2-5,18H,15H2,1H3. The first-order chi connectivity index (χ1) is 8.29. The van der Waals surface area contributed by atoms with Gasteiger partial charge in [0.15, 0.2) is 0 Å². The number of anilines is 1. The van der Waals surface area contributed by atoms with E-state index in [1.54, 1.807) is 0 Å². The van der Waals surface area contributed by atoms with Crippen LogP contribution in [0.25, 0.3) is 11.3 Å². The third-order valence-corrected chi connectivity index (χ3v) is 2.47. The molecule has 1 aromatic heterocycles. The predicted octanol–water partition coefficient (Wildman–Crippen LogP) is 2.39. The monoisotopic (exact) mass is 257 g/mol. The van der Waals surface area contributed by atoms with Gasteiger partial charge in [-0.2, -0.15) is 18.3 Å². The molecule has 4 nitrogen and oxygen atoms in total. The molecular weight excluding hydrogens is 247 g/mol. The number of phenols is 1. The number of nitrogens with zero attached hydrogens (tertiary/aromatic N) is 2. The van der Waals surface area contributed by atoms with Gasteiger partial charge in [-0.1, -0.05) is 0 Å². The average molecular weight is 257 g/mol. The number of nitrogens with two attached hydrogens (primary N) is 1. The summed E-state index contributed by atoms with van der Waals surface area (Å²) in [6.07, 6.45) is -4.48. The van der Waals surface area contributed by atoms with Crippen molar-refractivity contribution in [3.8, 4) is 17.0 Å². The lowest BCUT2D eigenvalue weighted by Gasteiger charge is -2.04. The van der Waals surface area contributed by atoms with Crippen molar-refractivity contribution in [2.45, 2.75) is 6.18 Å². The summed E-state index contributed by atoms with van der Waals surface area (Å²) in [5, 5.41) is 13.4. The summed E-state index contributed by atoms with van der Waals surface area (Å²) in [5.74, 6) is -0.207. The first kappa shape index (κ1) is 12.3. The van der Waals surface area contributed by atoms with Gasteiger partial charge in [0.2, 0.25) is 0 Å². The molecule has 0 saturated heterocycles. The Morgan fingerprint density at radius 3 is 2.44 bits per heavy atom. The Morgan fingerprint density at radius 2 is 1.94 bits per heavy atom. The van der Waals surface area contributed by atoms with Crippen molar-refractivity contribution in [1.29, 1.82) is 0 Å². The van der Waals surface area contributed by atoms with Crippen molar-refractivity contribution in [3.05, 3.63) is 30.0 Å². The molecule has 2 aromatic rings. The van der Waals surface area contributed by atoms with Crippen molar-refractivity contribution in [2.24, 2.45) is 7.05 Å². The largest absolute Gasteiger partial charge is 0.507 e. The highest BCUT2D eigenvalue weighted by Crippen LogP contribution is 2.35. The molecule has 0 amide bonds. The molecule has 96 valence electrons. The fraction of sp³-hybridized carbons (Fsp3) is 0.182. The van der Waals surface area contributed by atoms with Crippen LogP contribution in [0, 0.1) is 0 Å². The van der Waals surface area contributed by atoms with E-state index in [1.807, 2.05) is 0 Å². The lowest BCUT2D eigenvalue weighted by molar-refractivity contribution is -0.143. The summed E-state index contributed by atoms with van der Waals surface area (Å²) in [7, 11) is 1.20. The van der Waals surface area contributed by atoms with E-state index in [4.69, 9.17) is 5.73 Å². The number of aromatic nitrogens is 2. The second-order valence-corrected chi connectivity index (χ2v) is 3.81. The highest BCUT2D eigenvalue weighted by Gasteiger charge is 2.35. The highest BCUT2D eigenvalue weighted by atomic mass is 19.4. The molecule has 0 radical (unpaired) electrons. The summed E-state index contributed by atoms with van der Waals surface area (Å²) < 4.78 is 38.5. The summed E-state index contributed by atoms with van der Waals surface area (Å²) in [5.41, 5.74) is 5.13. The van der Waals surface area contributed by atoms with Gasteiger partial charge >= 0.3 is 6.18 Å². The Labute approximate surface area is 100 Å². The van der Waals surface area contributed by atoms with E-state index in [2.05, 4.69) is 5.10 Å². The van der Waals surface area contributed by atoms with Crippen LogP contribution in [0.5, 0.6) is 5.75 Å². The number of hydrogen-bond donors (Lipinski definition) is 2. The summed E-state index contributed by atoms with van der Waals surface area (Å²) >= 11 is 0. The molecule has 1 aromatic carbocycles. The van der Waals surface area contributed by atoms with Crippen LogP contribution >= 0.6 is 0 Å². The van der Waals surface area contributed by atoms with Crippen LogP contribution < -0.4 is 5.73 Å².